The lowest BCUT2D eigenvalue weighted by Gasteiger charge is -2.42. The standard InChI is InChI=1S/C12H22O10/c13-4-12(19)10(18)6(14)1-5(22-12)2-20-11-9(17)8(16)7(15)3-21-11/h5-11,13-19H,1-4H2/t5-,6+,7+,8+,9+,10-,11+,12?/m0/s1. The van der Waals surface area contributed by atoms with Crippen LogP contribution >= 0.6 is 0 Å². The van der Waals surface area contributed by atoms with Gasteiger partial charge in [-0.1, -0.05) is 0 Å². The molecule has 0 aromatic heterocycles. The molecule has 0 radical (unpaired) electrons. The lowest BCUT2D eigenvalue weighted by molar-refractivity contribution is -0.345. The van der Waals surface area contributed by atoms with Gasteiger partial charge in [0, 0.05) is 6.42 Å². The maximum absolute atomic E-state index is 9.86. The highest BCUT2D eigenvalue weighted by molar-refractivity contribution is 4.90. The molecule has 0 bridgehead atoms. The van der Waals surface area contributed by atoms with Crippen LogP contribution in [0.25, 0.3) is 0 Å². The molecule has 2 heterocycles. The van der Waals surface area contributed by atoms with Crippen LogP contribution in [-0.4, -0.2) is 104 Å². The first kappa shape index (κ1) is 17.9. The lowest BCUT2D eigenvalue weighted by Crippen LogP contribution is -2.61. The Morgan fingerprint density at radius 1 is 1.05 bits per heavy atom. The summed E-state index contributed by atoms with van der Waals surface area (Å²) in [7, 11) is 0. The van der Waals surface area contributed by atoms with Crippen molar-refractivity contribution in [2.45, 2.75) is 55.1 Å². The van der Waals surface area contributed by atoms with E-state index in [2.05, 4.69) is 0 Å². The van der Waals surface area contributed by atoms with Crippen LogP contribution < -0.4 is 0 Å². The van der Waals surface area contributed by atoms with Crippen molar-refractivity contribution >= 4 is 0 Å². The smallest absolute Gasteiger partial charge is 0.218 e. The molecule has 8 atom stereocenters. The van der Waals surface area contributed by atoms with Crippen LogP contribution in [-0.2, 0) is 14.2 Å². The Morgan fingerprint density at radius 3 is 2.36 bits per heavy atom. The highest BCUT2D eigenvalue weighted by Gasteiger charge is 2.48. The van der Waals surface area contributed by atoms with Crippen LogP contribution in [0.5, 0.6) is 0 Å². The average Bonchev–Trinajstić information content (AvgIpc) is 2.49. The first-order chi connectivity index (χ1) is 10.3. The molecule has 0 saturated carbocycles. The van der Waals surface area contributed by atoms with Gasteiger partial charge in [-0.25, -0.2) is 0 Å². The Hall–Kier alpha value is -0.400. The van der Waals surface area contributed by atoms with Crippen LogP contribution in [0.3, 0.4) is 0 Å². The Labute approximate surface area is 126 Å². The van der Waals surface area contributed by atoms with E-state index in [0.29, 0.717) is 0 Å². The van der Waals surface area contributed by atoms with Crippen LogP contribution in [0.1, 0.15) is 6.42 Å². The summed E-state index contributed by atoms with van der Waals surface area (Å²) in [6.45, 7) is -1.39. The number of rotatable bonds is 4. The second-order valence-electron chi connectivity index (χ2n) is 5.57. The van der Waals surface area contributed by atoms with Gasteiger partial charge in [0.15, 0.2) is 6.29 Å². The minimum absolute atomic E-state index is 0.0720. The van der Waals surface area contributed by atoms with Crippen molar-refractivity contribution in [3.8, 4) is 0 Å². The molecule has 0 aromatic carbocycles. The normalized spacial score (nSPS) is 50.0. The lowest BCUT2D eigenvalue weighted by atomic mass is 9.95. The molecule has 22 heavy (non-hydrogen) atoms. The van der Waals surface area contributed by atoms with Gasteiger partial charge < -0.3 is 50.0 Å². The molecule has 130 valence electrons. The van der Waals surface area contributed by atoms with Crippen molar-refractivity contribution in [3.63, 3.8) is 0 Å². The third-order valence-electron chi connectivity index (χ3n) is 3.83. The van der Waals surface area contributed by atoms with E-state index >= 15 is 0 Å². The largest absolute Gasteiger partial charge is 0.391 e. The van der Waals surface area contributed by atoms with Crippen molar-refractivity contribution in [2.24, 2.45) is 0 Å². The maximum atomic E-state index is 9.86. The van der Waals surface area contributed by atoms with E-state index in [1.807, 2.05) is 0 Å². The SMILES string of the molecule is OCC1(O)O[C@H](CO[C@@H]2OC[C@@H](O)[C@@H](O)[C@H]2O)C[C@@H](O)[C@@H]1O. The summed E-state index contributed by atoms with van der Waals surface area (Å²) in [4.78, 5) is 0. The number of aliphatic hydroxyl groups excluding tert-OH is 6. The van der Waals surface area contributed by atoms with E-state index in [4.69, 9.17) is 19.3 Å². The fourth-order valence-corrected chi connectivity index (χ4v) is 2.47. The van der Waals surface area contributed by atoms with Gasteiger partial charge in [0.1, 0.15) is 24.4 Å². The molecule has 0 aliphatic carbocycles. The van der Waals surface area contributed by atoms with E-state index in [0.717, 1.165) is 0 Å². The summed E-state index contributed by atoms with van der Waals surface area (Å²) in [5, 5.41) is 66.7. The van der Waals surface area contributed by atoms with E-state index in [1.54, 1.807) is 0 Å². The predicted molar refractivity (Wildman–Crippen MR) is 67.3 cm³/mol. The Morgan fingerprint density at radius 2 is 1.73 bits per heavy atom. The Bertz CT molecular complexity index is 368. The van der Waals surface area contributed by atoms with Gasteiger partial charge in [-0.2, -0.15) is 0 Å². The number of aliphatic hydroxyl groups is 7. The molecule has 2 rings (SSSR count). The molecular weight excluding hydrogens is 304 g/mol. The van der Waals surface area contributed by atoms with Gasteiger partial charge in [0.25, 0.3) is 0 Å². The quantitative estimate of drug-likeness (QED) is 0.268. The zero-order valence-corrected chi connectivity index (χ0v) is 11.7. The second-order valence-corrected chi connectivity index (χ2v) is 5.57. The monoisotopic (exact) mass is 326 g/mol. The molecule has 2 aliphatic heterocycles. The first-order valence-corrected chi connectivity index (χ1v) is 6.93. The number of hydrogen-bond acceptors (Lipinski definition) is 10. The summed E-state index contributed by atoms with van der Waals surface area (Å²) in [6, 6.07) is 0. The minimum atomic E-state index is -2.31. The molecule has 2 saturated heterocycles. The fraction of sp³-hybridized carbons (Fsp3) is 1.00. The molecule has 10 heteroatoms. The fourth-order valence-electron chi connectivity index (χ4n) is 2.47. The van der Waals surface area contributed by atoms with E-state index < -0.39 is 55.3 Å². The summed E-state index contributed by atoms with van der Waals surface area (Å²) in [6.07, 6.45) is -9.28. The van der Waals surface area contributed by atoms with Gasteiger partial charge >= 0.3 is 0 Å². The van der Waals surface area contributed by atoms with Crippen LogP contribution in [0.4, 0.5) is 0 Å². The topological polar surface area (TPSA) is 169 Å². The van der Waals surface area contributed by atoms with Gasteiger partial charge in [-0.15, -0.1) is 0 Å². The molecule has 0 spiro atoms. The molecule has 1 unspecified atom stereocenters. The van der Waals surface area contributed by atoms with Crippen molar-refractivity contribution in [3.05, 3.63) is 0 Å². The van der Waals surface area contributed by atoms with Crippen LogP contribution in [0, 0.1) is 0 Å². The molecule has 0 aromatic rings. The Kier molecular flexibility index (Phi) is 5.72. The summed E-state index contributed by atoms with van der Waals surface area (Å²) >= 11 is 0. The Balaban J connectivity index is 1.89. The first-order valence-electron chi connectivity index (χ1n) is 6.93. The van der Waals surface area contributed by atoms with Crippen molar-refractivity contribution < 1.29 is 50.0 Å². The maximum Gasteiger partial charge on any atom is 0.218 e. The minimum Gasteiger partial charge on any atom is -0.391 e. The van der Waals surface area contributed by atoms with Crippen molar-refractivity contribution in [2.75, 3.05) is 19.8 Å². The van der Waals surface area contributed by atoms with Crippen molar-refractivity contribution in [1.29, 1.82) is 0 Å². The average molecular weight is 326 g/mol. The number of ether oxygens (including phenoxy) is 3. The van der Waals surface area contributed by atoms with Gasteiger partial charge in [0.05, 0.1) is 32.0 Å². The molecule has 0 amide bonds. The molecule has 2 fully saturated rings. The predicted octanol–water partition coefficient (Wildman–Crippen LogP) is -4.37. The van der Waals surface area contributed by atoms with E-state index in [1.165, 1.54) is 0 Å². The zero-order valence-electron chi connectivity index (χ0n) is 11.7. The third-order valence-corrected chi connectivity index (χ3v) is 3.83. The third kappa shape index (κ3) is 3.57. The zero-order chi connectivity index (χ0) is 16.5. The highest BCUT2D eigenvalue weighted by atomic mass is 16.7. The summed E-state index contributed by atoms with van der Waals surface area (Å²) < 4.78 is 15.4. The molecular formula is C12H22O10. The number of hydrogen-bond donors (Lipinski definition) is 7. The van der Waals surface area contributed by atoms with Crippen LogP contribution in [0.2, 0.25) is 0 Å². The van der Waals surface area contributed by atoms with Crippen LogP contribution in [0.15, 0.2) is 0 Å². The summed E-state index contributed by atoms with van der Waals surface area (Å²) in [5.41, 5.74) is 0. The van der Waals surface area contributed by atoms with Gasteiger partial charge in [-0.3, -0.25) is 0 Å². The molecule has 10 nitrogen and oxygen atoms in total. The van der Waals surface area contributed by atoms with Gasteiger partial charge in [-0.05, 0) is 0 Å². The van der Waals surface area contributed by atoms with Gasteiger partial charge in [0.2, 0.25) is 5.79 Å². The second kappa shape index (κ2) is 7.01. The molecule has 7 N–H and O–H groups in total. The van der Waals surface area contributed by atoms with Crippen molar-refractivity contribution in [1.82, 2.24) is 0 Å². The summed E-state index contributed by atoms with van der Waals surface area (Å²) in [5.74, 6) is -2.31. The molecule has 2 aliphatic rings. The van der Waals surface area contributed by atoms with E-state index in [-0.39, 0.29) is 19.6 Å². The van der Waals surface area contributed by atoms with E-state index in [9.17, 15) is 30.6 Å². The highest BCUT2D eigenvalue weighted by Crippen LogP contribution is 2.28.